The van der Waals surface area contributed by atoms with E-state index in [1.807, 2.05) is 6.07 Å². The molecule has 2 aliphatic rings. The summed E-state index contributed by atoms with van der Waals surface area (Å²) in [4.78, 5) is 40.1. The summed E-state index contributed by atoms with van der Waals surface area (Å²) in [7, 11) is 1.56. The van der Waals surface area contributed by atoms with E-state index in [-0.39, 0.29) is 22.7 Å². The maximum absolute atomic E-state index is 14.0. The van der Waals surface area contributed by atoms with E-state index in [0.717, 1.165) is 63.4 Å². The molecule has 3 aromatic rings. The Balaban J connectivity index is 1.16. The first kappa shape index (κ1) is 22.5. The summed E-state index contributed by atoms with van der Waals surface area (Å²) in [5, 5.41) is 3.35. The number of piperazine rings is 1. The van der Waals surface area contributed by atoms with E-state index in [4.69, 9.17) is 0 Å². The van der Waals surface area contributed by atoms with E-state index in [9.17, 15) is 14.0 Å². The first-order valence-corrected chi connectivity index (χ1v) is 11.8. The number of pyridine rings is 1. The van der Waals surface area contributed by atoms with E-state index in [1.165, 1.54) is 6.07 Å². The predicted octanol–water partition coefficient (Wildman–Crippen LogP) is 2.52. The minimum atomic E-state index is -0.470. The highest BCUT2D eigenvalue weighted by molar-refractivity contribution is 5.90. The zero-order chi connectivity index (χ0) is 23.7. The molecule has 2 fully saturated rings. The number of nitrogens with zero attached hydrogens (tertiary/aromatic N) is 4. The third-order valence-corrected chi connectivity index (χ3v) is 7.15. The van der Waals surface area contributed by atoms with Gasteiger partial charge < -0.3 is 15.2 Å². The van der Waals surface area contributed by atoms with Crippen LogP contribution in [0.15, 0.2) is 41.5 Å². The molecule has 2 aromatic heterocycles. The van der Waals surface area contributed by atoms with Crippen molar-refractivity contribution in [1.29, 1.82) is 0 Å². The minimum absolute atomic E-state index is 0.146. The summed E-state index contributed by atoms with van der Waals surface area (Å²) in [6.45, 7) is 4.75. The van der Waals surface area contributed by atoms with Crippen LogP contribution in [-0.2, 0) is 0 Å². The van der Waals surface area contributed by atoms with E-state index in [2.05, 4.69) is 30.1 Å². The van der Waals surface area contributed by atoms with Gasteiger partial charge in [0.2, 0.25) is 5.82 Å². The Morgan fingerprint density at radius 3 is 2.68 bits per heavy atom. The van der Waals surface area contributed by atoms with Crippen LogP contribution in [0.4, 0.5) is 10.1 Å². The second-order valence-corrected chi connectivity index (χ2v) is 9.27. The molecule has 0 spiro atoms. The molecule has 0 unspecified atom stereocenters. The number of hydrogen-bond donors (Lipinski definition) is 2. The van der Waals surface area contributed by atoms with E-state index < -0.39 is 5.82 Å². The van der Waals surface area contributed by atoms with Crippen molar-refractivity contribution in [2.75, 3.05) is 44.7 Å². The third kappa shape index (κ3) is 4.52. The first-order valence-electron chi connectivity index (χ1n) is 11.8. The SMILES string of the molecule is CNC(=O)c1ncc(N2CCN(C[C@@H]3CC[C@@H](c4cc5cccc(F)c5c(=O)[nH]4)C3)CC2)cn1. The summed E-state index contributed by atoms with van der Waals surface area (Å²) in [5.41, 5.74) is 1.53. The molecule has 2 N–H and O–H groups in total. The molecule has 1 saturated heterocycles. The molecule has 5 rings (SSSR count). The molecule has 9 heteroatoms. The van der Waals surface area contributed by atoms with Crippen LogP contribution >= 0.6 is 0 Å². The second kappa shape index (κ2) is 9.50. The number of carbonyl (C=O) groups excluding carboxylic acids is 1. The summed E-state index contributed by atoms with van der Waals surface area (Å²) < 4.78 is 14.0. The van der Waals surface area contributed by atoms with Crippen molar-refractivity contribution in [3.05, 3.63) is 64.3 Å². The van der Waals surface area contributed by atoms with Crippen molar-refractivity contribution < 1.29 is 9.18 Å². The van der Waals surface area contributed by atoms with Crippen molar-refractivity contribution in [1.82, 2.24) is 25.2 Å². The highest BCUT2D eigenvalue weighted by atomic mass is 19.1. The molecule has 2 atom stereocenters. The van der Waals surface area contributed by atoms with Crippen LogP contribution in [0, 0.1) is 11.7 Å². The van der Waals surface area contributed by atoms with Crippen LogP contribution in [0.1, 0.15) is 41.5 Å². The molecule has 1 aromatic carbocycles. The highest BCUT2D eigenvalue weighted by Crippen LogP contribution is 2.38. The van der Waals surface area contributed by atoms with E-state index >= 15 is 0 Å². The molecular weight excluding hydrogens is 435 g/mol. The molecule has 3 heterocycles. The van der Waals surface area contributed by atoms with Crippen LogP contribution in [0.2, 0.25) is 0 Å². The Morgan fingerprint density at radius 2 is 1.94 bits per heavy atom. The normalized spacial score (nSPS) is 21.2. The van der Waals surface area contributed by atoms with Gasteiger partial charge >= 0.3 is 0 Å². The summed E-state index contributed by atoms with van der Waals surface area (Å²) in [6.07, 6.45) is 6.63. The average molecular weight is 465 g/mol. The van der Waals surface area contributed by atoms with Crippen LogP contribution in [0.5, 0.6) is 0 Å². The number of H-pyrrole nitrogens is 1. The lowest BCUT2D eigenvalue weighted by molar-refractivity contribution is 0.0952. The molecule has 1 saturated carbocycles. The van der Waals surface area contributed by atoms with Gasteiger partial charge in [0.25, 0.3) is 11.5 Å². The Kier molecular flexibility index (Phi) is 6.28. The van der Waals surface area contributed by atoms with Gasteiger partial charge in [0.1, 0.15) is 5.82 Å². The first-order chi connectivity index (χ1) is 16.5. The number of amides is 1. The molecule has 178 valence electrons. The molecule has 1 amide bonds. The molecule has 34 heavy (non-hydrogen) atoms. The van der Waals surface area contributed by atoms with Gasteiger partial charge in [-0.3, -0.25) is 14.5 Å². The van der Waals surface area contributed by atoms with Crippen LogP contribution < -0.4 is 15.8 Å². The topological polar surface area (TPSA) is 94.2 Å². The number of benzene rings is 1. The van der Waals surface area contributed by atoms with Crippen molar-refractivity contribution in [2.24, 2.45) is 5.92 Å². The van der Waals surface area contributed by atoms with Gasteiger partial charge in [0.15, 0.2) is 0 Å². The number of rotatable bonds is 5. The van der Waals surface area contributed by atoms with Crippen LogP contribution in [-0.4, -0.2) is 65.5 Å². The molecule has 1 aliphatic carbocycles. The number of aromatic nitrogens is 3. The number of carbonyl (C=O) groups is 1. The van der Waals surface area contributed by atoms with Gasteiger partial charge in [-0.05, 0) is 48.6 Å². The van der Waals surface area contributed by atoms with Gasteiger partial charge in [-0.15, -0.1) is 0 Å². The summed E-state index contributed by atoms with van der Waals surface area (Å²) in [6, 6.07) is 6.74. The van der Waals surface area contributed by atoms with E-state index in [0.29, 0.717) is 17.2 Å². The van der Waals surface area contributed by atoms with Crippen molar-refractivity contribution in [3.63, 3.8) is 0 Å². The standard InChI is InChI=1S/C25H29FN6O2/c1-27-25(34)23-28-13-19(14-29-23)32-9-7-31(8-10-32)15-16-5-6-17(11-16)21-12-18-3-2-4-20(26)22(18)24(33)30-21/h2-4,12-14,16-17H,5-11,15H2,1H3,(H,27,34)(H,30,33)/t16-,17-/m1/s1. The maximum Gasteiger partial charge on any atom is 0.288 e. The van der Waals surface area contributed by atoms with Crippen molar-refractivity contribution in [2.45, 2.75) is 25.2 Å². The molecule has 8 nitrogen and oxygen atoms in total. The quantitative estimate of drug-likeness (QED) is 0.603. The monoisotopic (exact) mass is 464 g/mol. The smallest absolute Gasteiger partial charge is 0.288 e. The van der Waals surface area contributed by atoms with Crippen LogP contribution in [0.3, 0.4) is 0 Å². The third-order valence-electron chi connectivity index (χ3n) is 7.15. The van der Waals surface area contributed by atoms with Crippen molar-refractivity contribution in [3.8, 4) is 0 Å². The number of fused-ring (bicyclic) bond motifs is 1. The molecular formula is C25H29FN6O2. The van der Waals surface area contributed by atoms with Gasteiger partial charge in [0, 0.05) is 45.5 Å². The lowest BCUT2D eigenvalue weighted by atomic mass is 9.99. The maximum atomic E-state index is 14.0. The second-order valence-electron chi connectivity index (χ2n) is 9.27. The van der Waals surface area contributed by atoms with Gasteiger partial charge in [-0.25, -0.2) is 14.4 Å². The number of aromatic amines is 1. The number of nitrogens with one attached hydrogen (secondary N) is 2. The zero-order valence-corrected chi connectivity index (χ0v) is 19.3. The van der Waals surface area contributed by atoms with E-state index in [1.54, 1.807) is 31.6 Å². The molecule has 0 radical (unpaired) electrons. The Labute approximate surface area is 197 Å². The Bertz CT molecular complexity index is 1240. The lowest BCUT2D eigenvalue weighted by Crippen LogP contribution is -2.47. The number of anilines is 1. The fraction of sp³-hybridized carbons (Fsp3) is 0.440. The fourth-order valence-electron chi connectivity index (χ4n) is 5.31. The predicted molar refractivity (Wildman–Crippen MR) is 129 cm³/mol. The number of hydrogen-bond acceptors (Lipinski definition) is 6. The largest absolute Gasteiger partial charge is 0.366 e. The zero-order valence-electron chi connectivity index (χ0n) is 19.3. The summed E-state index contributed by atoms with van der Waals surface area (Å²) in [5.74, 6) is 0.313. The van der Waals surface area contributed by atoms with Gasteiger partial charge in [0.05, 0.1) is 23.5 Å². The number of halogens is 1. The van der Waals surface area contributed by atoms with Gasteiger partial charge in [-0.2, -0.15) is 0 Å². The van der Waals surface area contributed by atoms with Gasteiger partial charge in [-0.1, -0.05) is 12.1 Å². The fourth-order valence-corrected chi connectivity index (χ4v) is 5.31. The van der Waals surface area contributed by atoms with Crippen LogP contribution in [0.25, 0.3) is 10.8 Å². The summed E-state index contributed by atoms with van der Waals surface area (Å²) >= 11 is 0. The highest BCUT2D eigenvalue weighted by Gasteiger charge is 2.29. The molecule has 1 aliphatic heterocycles. The minimum Gasteiger partial charge on any atom is -0.366 e. The Hall–Kier alpha value is -3.33. The Morgan fingerprint density at radius 1 is 1.18 bits per heavy atom. The molecule has 0 bridgehead atoms. The lowest BCUT2D eigenvalue weighted by Gasteiger charge is -2.36. The van der Waals surface area contributed by atoms with Crippen molar-refractivity contribution >= 4 is 22.4 Å². The average Bonchev–Trinajstić information content (AvgIpc) is 3.32.